The number of hydrogen-bond donors (Lipinski definition) is 0. The Morgan fingerprint density at radius 3 is 2.60 bits per heavy atom. The molecule has 1 fully saturated rings. The number of rotatable bonds is 6. The van der Waals surface area contributed by atoms with E-state index < -0.39 is 0 Å². The van der Waals surface area contributed by atoms with Gasteiger partial charge in [-0.15, -0.1) is 0 Å². The molecule has 5 heteroatoms. The van der Waals surface area contributed by atoms with Crippen molar-refractivity contribution in [3.63, 3.8) is 0 Å². The van der Waals surface area contributed by atoms with Crippen LogP contribution >= 0.6 is 0 Å². The minimum atomic E-state index is -0.314. The number of hydrogen-bond acceptors (Lipinski definition) is 5. The number of ether oxygens (including phenoxy) is 4. The second-order valence-corrected chi connectivity index (χ2v) is 4.58. The highest BCUT2D eigenvalue weighted by Crippen LogP contribution is 2.23. The number of esters is 1. The molecule has 1 aliphatic rings. The molecule has 2 rings (SSSR count). The van der Waals surface area contributed by atoms with Crippen molar-refractivity contribution in [2.75, 3.05) is 26.9 Å². The fraction of sp³-hybridized carbons (Fsp3) is 0.533. The summed E-state index contributed by atoms with van der Waals surface area (Å²) in [6, 6.07) is 9.82. The summed E-state index contributed by atoms with van der Waals surface area (Å²) < 4.78 is 21.4. The molecule has 0 saturated carbocycles. The van der Waals surface area contributed by atoms with Crippen molar-refractivity contribution in [3.05, 3.63) is 35.9 Å². The molecule has 1 aromatic rings. The maximum Gasteiger partial charge on any atom is 0.305 e. The van der Waals surface area contributed by atoms with E-state index in [0.29, 0.717) is 32.7 Å². The summed E-state index contributed by atoms with van der Waals surface area (Å²) in [5.74, 6) is -0.214. The van der Waals surface area contributed by atoms with E-state index >= 15 is 0 Å². The number of benzene rings is 1. The highest BCUT2D eigenvalue weighted by molar-refractivity contribution is 5.68. The largest absolute Gasteiger partial charge is 0.469 e. The Bertz CT molecular complexity index is 398. The van der Waals surface area contributed by atoms with Crippen molar-refractivity contribution in [1.82, 2.24) is 0 Å². The van der Waals surface area contributed by atoms with Gasteiger partial charge in [0.2, 0.25) is 0 Å². The first kappa shape index (κ1) is 15.0. The lowest BCUT2D eigenvalue weighted by Gasteiger charge is -2.29. The number of methoxy groups -OCH3 is 1. The van der Waals surface area contributed by atoms with E-state index in [1.807, 2.05) is 30.3 Å². The van der Waals surface area contributed by atoms with E-state index in [1.54, 1.807) is 0 Å². The van der Waals surface area contributed by atoms with Crippen molar-refractivity contribution in [3.8, 4) is 0 Å². The minimum Gasteiger partial charge on any atom is -0.469 e. The summed E-state index contributed by atoms with van der Waals surface area (Å²) in [7, 11) is 1.38. The van der Waals surface area contributed by atoms with Gasteiger partial charge in [0.1, 0.15) is 6.10 Å². The molecule has 0 radical (unpaired) electrons. The predicted molar refractivity (Wildman–Crippen MR) is 72.1 cm³/mol. The fourth-order valence-electron chi connectivity index (χ4n) is 1.95. The van der Waals surface area contributed by atoms with E-state index in [1.165, 1.54) is 7.11 Å². The molecule has 0 amide bonds. The molecule has 5 nitrogen and oxygen atoms in total. The molecule has 110 valence electrons. The molecule has 20 heavy (non-hydrogen) atoms. The third kappa shape index (κ3) is 4.59. The van der Waals surface area contributed by atoms with Gasteiger partial charge in [-0.25, -0.2) is 0 Å². The minimum absolute atomic E-state index is 0.0763. The van der Waals surface area contributed by atoms with Crippen LogP contribution in [0, 0.1) is 0 Å². The van der Waals surface area contributed by atoms with Crippen molar-refractivity contribution in [2.24, 2.45) is 0 Å². The van der Waals surface area contributed by atoms with E-state index in [0.717, 1.165) is 5.56 Å². The average Bonchev–Trinajstić information content (AvgIpc) is 2.52. The highest BCUT2D eigenvalue weighted by atomic mass is 16.7. The van der Waals surface area contributed by atoms with Crippen LogP contribution in [0.15, 0.2) is 30.3 Å². The van der Waals surface area contributed by atoms with Crippen molar-refractivity contribution in [2.45, 2.75) is 25.2 Å². The molecule has 0 unspecified atom stereocenters. The summed E-state index contributed by atoms with van der Waals surface area (Å²) in [5, 5.41) is 0. The second kappa shape index (κ2) is 7.99. The Morgan fingerprint density at radius 1 is 1.25 bits per heavy atom. The quantitative estimate of drug-likeness (QED) is 0.590. The second-order valence-electron chi connectivity index (χ2n) is 4.58. The van der Waals surface area contributed by atoms with Crippen molar-refractivity contribution in [1.29, 1.82) is 0 Å². The molecule has 1 aromatic carbocycles. The predicted octanol–water partition coefficient (Wildman–Crippen LogP) is 2.07. The Labute approximate surface area is 118 Å². The summed E-state index contributed by atoms with van der Waals surface area (Å²) in [4.78, 5) is 10.9. The van der Waals surface area contributed by atoms with Crippen molar-refractivity contribution < 1.29 is 23.7 Å². The summed E-state index contributed by atoms with van der Waals surface area (Å²) in [6.07, 6.45) is 0.627. The van der Waals surface area contributed by atoms with Crippen LogP contribution in [0.2, 0.25) is 0 Å². The van der Waals surface area contributed by atoms with Gasteiger partial charge in [-0.3, -0.25) is 4.79 Å². The third-order valence-electron chi connectivity index (χ3n) is 3.05. The highest BCUT2D eigenvalue weighted by Gasteiger charge is 2.23. The molecular weight excluding hydrogens is 260 g/mol. The Kier molecular flexibility index (Phi) is 5.98. The van der Waals surface area contributed by atoms with Gasteiger partial charge in [-0.2, -0.15) is 0 Å². The molecule has 0 bridgehead atoms. The average molecular weight is 280 g/mol. The summed E-state index contributed by atoms with van der Waals surface area (Å²) in [5.41, 5.74) is 1.01. The first-order valence-corrected chi connectivity index (χ1v) is 6.76. The smallest absolute Gasteiger partial charge is 0.305 e. The SMILES string of the molecule is COC(=O)CCCOC1COC(c2ccccc2)OC1. The van der Waals surface area contributed by atoms with Crippen LogP contribution in [-0.2, 0) is 23.7 Å². The Balaban J connectivity index is 1.63. The normalized spacial score (nSPS) is 22.4. The lowest BCUT2D eigenvalue weighted by Crippen LogP contribution is -2.33. The van der Waals surface area contributed by atoms with Gasteiger partial charge in [-0.1, -0.05) is 30.3 Å². The standard InChI is InChI=1S/C15H20O5/c1-17-14(16)8-5-9-18-13-10-19-15(20-11-13)12-6-3-2-4-7-12/h2-4,6-7,13,15H,5,8-11H2,1H3. The van der Waals surface area contributed by atoms with E-state index in [2.05, 4.69) is 4.74 Å². The summed E-state index contributed by atoms with van der Waals surface area (Å²) >= 11 is 0. The Hall–Kier alpha value is -1.43. The van der Waals surface area contributed by atoms with Crippen LogP contribution in [0.25, 0.3) is 0 Å². The van der Waals surface area contributed by atoms with Crippen LogP contribution in [0.3, 0.4) is 0 Å². The number of carbonyl (C=O) groups excluding carboxylic acids is 1. The lowest BCUT2D eigenvalue weighted by atomic mass is 10.2. The van der Waals surface area contributed by atoms with E-state index in [-0.39, 0.29) is 18.4 Å². The Morgan fingerprint density at radius 2 is 1.95 bits per heavy atom. The lowest BCUT2D eigenvalue weighted by molar-refractivity contribution is -0.230. The van der Waals surface area contributed by atoms with Crippen LogP contribution < -0.4 is 0 Å². The van der Waals surface area contributed by atoms with Gasteiger partial charge in [0, 0.05) is 18.6 Å². The van der Waals surface area contributed by atoms with E-state index in [4.69, 9.17) is 14.2 Å². The zero-order valence-corrected chi connectivity index (χ0v) is 11.6. The monoisotopic (exact) mass is 280 g/mol. The van der Waals surface area contributed by atoms with Crippen molar-refractivity contribution >= 4 is 5.97 Å². The zero-order chi connectivity index (χ0) is 14.2. The van der Waals surface area contributed by atoms with Gasteiger partial charge < -0.3 is 18.9 Å². The molecule has 0 atom stereocenters. The van der Waals surface area contributed by atoms with Gasteiger partial charge in [0.25, 0.3) is 0 Å². The molecule has 1 heterocycles. The maximum atomic E-state index is 10.9. The van der Waals surface area contributed by atoms with Crippen LogP contribution in [-0.4, -0.2) is 39.0 Å². The molecule has 0 aliphatic carbocycles. The van der Waals surface area contributed by atoms with Crippen LogP contribution in [0.1, 0.15) is 24.7 Å². The van der Waals surface area contributed by atoms with Gasteiger partial charge >= 0.3 is 5.97 Å². The van der Waals surface area contributed by atoms with Crippen LogP contribution in [0.4, 0.5) is 0 Å². The first-order chi connectivity index (χ1) is 9.79. The van der Waals surface area contributed by atoms with Crippen LogP contribution in [0.5, 0.6) is 0 Å². The topological polar surface area (TPSA) is 54.0 Å². The molecule has 0 aromatic heterocycles. The van der Waals surface area contributed by atoms with Gasteiger partial charge in [-0.05, 0) is 6.42 Å². The third-order valence-corrected chi connectivity index (χ3v) is 3.05. The molecular formula is C15H20O5. The number of carbonyl (C=O) groups is 1. The molecule has 0 N–H and O–H groups in total. The summed E-state index contributed by atoms with van der Waals surface area (Å²) in [6.45, 7) is 1.50. The fourth-order valence-corrected chi connectivity index (χ4v) is 1.95. The molecule has 0 spiro atoms. The maximum absolute atomic E-state index is 10.9. The van der Waals surface area contributed by atoms with Gasteiger partial charge in [0.15, 0.2) is 6.29 Å². The van der Waals surface area contributed by atoms with E-state index in [9.17, 15) is 4.79 Å². The molecule has 1 aliphatic heterocycles. The first-order valence-electron chi connectivity index (χ1n) is 6.76. The molecule has 1 saturated heterocycles. The zero-order valence-electron chi connectivity index (χ0n) is 11.6. The van der Waals surface area contributed by atoms with Gasteiger partial charge in [0.05, 0.1) is 20.3 Å².